The lowest BCUT2D eigenvalue weighted by molar-refractivity contribution is 0.645. The number of nitrogens with one attached hydrogen (secondary N) is 1. The highest BCUT2D eigenvalue weighted by Crippen LogP contribution is 2.13. The number of aromatic nitrogens is 1. The van der Waals surface area contributed by atoms with Crippen LogP contribution in [0.2, 0.25) is 0 Å². The van der Waals surface area contributed by atoms with E-state index in [0.717, 1.165) is 18.7 Å². The predicted molar refractivity (Wildman–Crippen MR) is 100.0 cm³/mol. The van der Waals surface area contributed by atoms with Crippen molar-refractivity contribution in [2.75, 3.05) is 12.1 Å². The Bertz CT molecular complexity index is 516. The summed E-state index contributed by atoms with van der Waals surface area (Å²) in [5.74, 6) is 1.54. The molecule has 0 unspecified atom stereocenters. The summed E-state index contributed by atoms with van der Waals surface area (Å²) >= 11 is 4.04. The van der Waals surface area contributed by atoms with Crippen LogP contribution in [0, 0.1) is 5.92 Å². The lowest BCUT2D eigenvalue weighted by Gasteiger charge is -2.18. The molecule has 1 aromatic rings. The second kappa shape index (κ2) is 10.2. The molecule has 0 aliphatic carbocycles. The standard InChI is InChI=1S/C18H27N3S/c1-15(2)13-17-9-10-18(20-14-17)21(19-4)11-5-7-16(3)8-6-12-22/h5-6,8-12,14-15,19,22H,7,13H2,1-4H3/b11-5-,12-6-,16-8+. The average Bonchev–Trinajstić information content (AvgIpc) is 2.50. The first-order chi connectivity index (χ1) is 10.6. The highest BCUT2D eigenvalue weighted by molar-refractivity contribution is 7.83. The summed E-state index contributed by atoms with van der Waals surface area (Å²) in [6, 6.07) is 4.19. The number of thiol groups is 1. The Morgan fingerprint density at radius 1 is 1.41 bits per heavy atom. The van der Waals surface area contributed by atoms with Crippen LogP contribution in [0.3, 0.4) is 0 Å². The van der Waals surface area contributed by atoms with Crippen molar-refractivity contribution < 1.29 is 0 Å². The van der Waals surface area contributed by atoms with Crippen molar-refractivity contribution in [1.82, 2.24) is 10.4 Å². The van der Waals surface area contributed by atoms with Gasteiger partial charge < -0.3 is 0 Å². The van der Waals surface area contributed by atoms with Gasteiger partial charge in [-0.2, -0.15) is 12.6 Å². The normalized spacial score (nSPS) is 12.7. The van der Waals surface area contributed by atoms with Gasteiger partial charge in [0.15, 0.2) is 0 Å². The molecule has 0 aliphatic heterocycles. The van der Waals surface area contributed by atoms with Crippen LogP contribution >= 0.6 is 12.6 Å². The van der Waals surface area contributed by atoms with Crippen LogP contribution in [0.25, 0.3) is 0 Å². The summed E-state index contributed by atoms with van der Waals surface area (Å²) in [7, 11) is 1.89. The third-order valence-corrected chi connectivity index (χ3v) is 3.27. The number of hydrazine groups is 1. The lowest BCUT2D eigenvalue weighted by atomic mass is 10.1. The van der Waals surface area contributed by atoms with E-state index in [1.54, 1.807) is 5.41 Å². The van der Waals surface area contributed by atoms with Crippen molar-refractivity contribution in [3.05, 3.63) is 59.3 Å². The van der Waals surface area contributed by atoms with E-state index in [-0.39, 0.29) is 0 Å². The summed E-state index contributed by atoms with van der Waals surface area (Å²) < 4.78 is 0. The molecule has 3 nitrogen and oxygen atoms in total. The van der Waals surface area contributed by atoms with Crippen LogP contribution in [0.5, 0.6) is 0 Å². The summed E-state index contributed by atoms with van der Waals surface area (Å²) in [6.45, 7) is 6.53. The molecule has 1 rings (SSSR count). The Kier molecular flexibility index (Phi) is 8.63. The van der Waals surface area contributed by atoms with Crippen LogP contribution in [0.1, 0.15) is 32.8 Å². The van der Waals surface area contributed by atoms with Crippen molar-refractivity contribution in [3.8, 4) is 0 Å². The van der Waals surface area contributed by atoms with Gasteiger partial charge in [-0.15, -0.1) is 0 Å². The number of nitrogens with zero attached hydrogens (tertiary/aromatic N) is 2. The zero-order chi connectivity index (χ0) is 16.4. The van der Waals surface area contributed by atoms with Gasteiger partial charge in [-0.25, -0.2) is 10.4 Å². The maximum atomic E-state index is 4.53. The molecule has 0 saturated carbocycles. The number of pyridine rings is 1. The average molecular weight is 318 g/mol. The molecule has 0 amide bonds. The molecule has 0 fully saturated rings. The van der Waals surface area contributed by atoms with Gasteiger partial charge in [-0.1, -0.05) is 43.7 Å². The Labute approximate surface area is 140 Å². The molecule has 0 saturated heterocycles. The molecule has 0 spiro atoms. The van der Waals surface area contributed by atoms with Crippen molar-refractivity contribution in [2.24, 2.45) is 5.92 Å². The van der Waals surface area contributed by atoms with Gasteiger partial charge in [0.05, 0.1) is 0 Å². The first kappa shape index (κ1) is 18.5. The van der Waals surface area contributed by atoms with Crippen LogP contribution in [-0.4, -0.2) is 12.0 Å². The Balaban J connectivity index is 2.67. The largest absolute Gasteiger partial charge is 0.268 e. The van der Waals surface area contributed by atoms with E-state index in [1.165, 1.54) is 11.1 Å². The van der Waals surface area contributed by atoms with Crippen molar-refractivity contribution in [3.63, 3.8) is 0 Å². The molecular formula is C18H27N3S. The van der Waals surface area contributed by atoms with Gasteiger partial charge in [-0.05, 0) is 42.7 Å². The van der Waals surface area contributed by atoms with Gasteiger partial charge in [0.25, 0.3) is 0 Å². The number of hydrogen-bond acceptors (Lipinski definition) is 4. The molecule has 0 aromatic carbocycles. The quantitative estimate of drug-likeness (QED) is 0.420. The van der Waals surface area contributed by atoms with Gasteiger partial charge in [0, 0.05) is 19.4 Å². The molecule has 1 aromatic heterocycles. The van der Waals surface area contributed by atoms with E-state index in [9.17, 15) is 0 Å². The monoisotopic (exact) mass is 317 g/mol. The fourth-order valence-corrected chi connectivity index (χ4v) is 2.12. The second-order valence-electron chi connectivity index (χ2n) is 5.66. The lowest BCUT2D eigenvalue weighted by Crippen LogP contribution is -2.30. The highest BCUT2D eigenvalue weighted by atomic mass is 32.1. The van der Waals surface area contributed by atoms with E-state index in [1.807, 2.05) is 36.6 Å². The number of rotatable bonds is 8. The van der Waals surface area contributed by atoms with E-state index < -0.39 is 0 Å². The maximum absolute atomic E-state index is 4.53. The first-order valence-electron chi connectivity index (χ1n) is 7.61. The van der Waals surface area contributed by atoms with Crippen LogP contribution < -0.4 is 10.4 Å². The zero-order valence-electron chi connectivity index (χ0n) is 14.0. The SMILES string of the molecule is CNN(/C=C\C/C(C)=C/C=C\S)c1ccc(CC(C)C)cn1. The Morgan fingerprint density at radius 2 is 2.18 bits per heavy atom. The molecular weight excluding hydrogens is 290 g/mol. The van der Waals surface area contributed by atoms with E-state index >= 15 is 0 Å². The van der Waals surface area contributed by atoms with E-state index in [0.29, 0.717) is 5.92 Å². The minimum atomic E-state index is 0.647. The fourth-order valence-electron chi connectivity index (χ4n) is 2.04. The summed E-state index contributed by atoms with van der Waals surface area (Å²) in [6.07, 6.45) is 12.0. The van der Waals surface area contributed by atoms with Crippen LogP contribution in [0.15, 0.2) is 53.7 Å². The first-order valence-corrected chi connectivity index (χ1v) is 8.13. The van der Waals surface area contributed by atoms with E-state index in [4.69, 9.17) is 0 Å². The molecule has 1 N–H and O–H groups in total. The number of allylic oxidation sites excluding steroid dienone is 4. The Morgan fingerprint density at radius 3 is 2.73 bits per heavy atom. The predicted octanol–water partition coefficient (Wildman–Crippen LogP) is 4.51. The molecule has 120 valence electrons. The Hall–Kier alpha value is -1.52. The summed E-state index contributed by atoms with van der Waals surface area (Å²) in [5, 5.41) is 3.65. The van der Waals surface area contributed by atoms with Crippen LogP contribution in [-0.2, 0) is 6.42 Å². The zero-order valence-corrected chi connectivity index (χ0v) is 14.8. The molecule has 22 heavy (non-hydrogen) atoms. The van der Waals surface area contributed by atoms with Gasteiger partial charge in [-0.3, -0.25) is 5.01 Å². The number of anilines is 1. The third-order valence-electron chi connectivity index (χ3n) is 3.10. The summed E-state index contributed by atoms with van der Waals surface area (Å²) in [5.41, 5.74) is 5.68. The van der Waals surface area contributed by atoms with Crippen molar-refractivity contribution in [1.29, 1.82) is 0 Å². The van der Waals surface area contributed by atoms with Gasteiger partial charge in [0.1, 0.15) is 5.82 Å². The van der Waals surface area contributed by atoms with Gasteiger partial charge >= 0.3 is 0 Å². The molecule has 0 atom stereocenters. The minimum absolute atomic E-state index is 0.647. The molecule has 0 bridgehead atoms. The maximum Gasteiger partial charge on any atom is 0.146 e. The van der Waals surface area contributed by atoms with Gasteiger partial charge in [0.2, 0.25) is 0 Å². The van der Waals surface area contributed by atoms with Crippen LogP contribution in [0.4, 0.5) is 5.82 Å². The van der Waals surface area contributed by atoms with Crippen molar-refractivity contribution in [2.45, 2.75) is 33.6 Å². The van der Waals surface area contributed by atoms with E-state index in [2.05, 4.69) is 62.0 Å². The molecule has 1 heterocycles. The highest BCUT2D eigenvalue weighted by Gasteiger charge is 2.03. The molecule has 0 aliphatic rings. The number of hydrogen-bond donors (Lipinski definition) is 2. The minimum Gasteiger partial charge on any atom is -0.268 e. The third kappa shape index (κ3) is 6.96. The summed E-state index contributed by atoms with van der Waals surface area (Å²) in [4.78, 5) is 4.53. The fraction of sp³-hybridized carbons (Fsp3) is 0.389. The smallest absolute Gasteiger partial charge is 0.146 e. The topological polar surface area (TPSA) is 28.2 Å². The van der Waals surface area contributed by atoms with Crippen molar-refractivity contribution >= 4 is 18.4 Å². The molecule has 4 heteroatoms. The second-order valence-corrected chi connectivity index (χ2v) is 5.96. The molecule has 0 radical (unpaired) electrons.